The molecule has 0 radical (unpaired) electrons. The molecule has 1 aromatic carbocycles. The molecule has 4 nitrogen and oxygen atoms in total. The molecule has 0 saturated carbocycles. The topological polar surface area (TPSA) is 44.8 Å². The van der Waals surface area contributed by atoms with Crippen molar-refractivity contribution in [2.24, 2.45) is 5.92 Å². The smallest absolute Gasteiger partial charge is 0.313 e. The molecule has 0 N–H and O–H groups in total. The van der Waals surface area contributed by atoms with Crippen molar-refractivity contribution >= 4 is 5.97 Å². The second kappa shape index (κ2) is 8.22. The molecule has 0 heterocycles. The van der Waals surface area contributed by atoms with Gasteiger partial charge in [-0.05, 0) is 50.8 Å². The summed E-state index contributed by atoms with van der Waals surface area (Å²) >= 11 is 0. The van der Waals surface area contributed by atoms with Crippen LogP contribution < -0.4 is 9.47 Å². The van der Waals surface area contributed by atoms with E-state index < -0.39 is 0 Å². The Morgan fingerprint density at radius 3 is 2.42 bits per heavy atom. The van der Waals surface area contributed by atoms with E-state index in [9.17, 15) is 4.79 Å². The number of carbonyl (C=O) groups excluding carboxylic acids is 1. The highest BCUT2D eigenvalue weighted by atomic mass is 16.5. The summed E-state index contributed by atoms with van der Waals surface area (Å²) in [7, 11) is 3.30. The van der Waals surface area contributed by atoms with Crippen LogP contribution in [0.25, 0.3) is 0 Å². The van der Waals surface area contributed by atoms with Crippen molar-refractivity contribution < 1.29 is 19.0 Å². The van der Waals surface area contributed by atoms with Crippen molar-refractivity contribution in [3.05, 3.63) is 34.9 Å². The van der Waals surface area contributed by atoms with Crippen molar-refractivity contribution in [2.75, 3.05) is 20.8 Å². The third-order valence-electron chi connectivity index (χ3n) is 4.96. The molecule has 2 atom stereocenters. The summed E-state index contributed by atoms with van der Waals surface area (Å²) in [6.45, 7) is 6.52. The summed E-state index contributed by atoms with van der Waals surface area (Å²) in [5.41, 5.74) is 3.72. The molecule has 132 valence electrons. The molecule has 0 spiro atoms. The summed E-state index contributed by atoms with van der Waals surface area (Å²) in [5, 5.41) is 0. The highest BCUT2D eigenvalue weighted by molar-refractivity contribution is 5.76. The van der Waals surface area contributed by atoms with Gasteiger partial charge in [-0.3, -0.25) is 4.79 Å². The molecular formula is C20H28O4. The number of carbonyl (C=O) groups is 1. The number of methoxy groups -OCH3 is 2. The molecule has 1 aliphatic carbocycles. The average Bonchev–Trinajstić information content (AvgIpc) is 2.60. The average molecular weight is 332 g/mol. The quantitative estimate of drug-likeness (QED) is 0.569. The third kappa shape index (κ3) is 3.58. The first-order chi connectivity index (χ1) is 11.6. The van der Waals surface area contributed by atoms with Crippen molar-refractivity contribution in [3.63, 3.8) is 0 Å². The van der Waals surface area contributed by atoms with Crippen LogP contribution in [0.4, 0.5) is 0 Å². The summed E-state index contributed by atoms with van der Waals surface area (Å²) in [6, 6.07) is 6.10. The predicted octanol–water partition coefficient (Wildman–Crippen LogP) is 4.49. The van der Waals surface area contributed by atoms with Crippen molar-refractivity contribution in [1.29, 1.82) is 0 Å². The first kappa shape index (κ1) is 18.4. The Morgan fingerprint density at radius 1 is 1.12 bits per heavy atom. The summed E-state index contributed by atoms with van der Waals surface area (Å²) in [5.74, 6) is 1.61. The van der Waals surface area contributed by atoms with Crippen LogP contribution in [-0.4, -0.2) is 26.8 Å². The van der Waals surface area contributed by atoms with Crippen molar-refractivity contribution in [1.82, 2.24) is 0 Å². The van der Waals surface area contributed by atoms with Crippen molar-refractivity contribution in [3.8, 4) is 11.5 Å². The Bertz CT molecular complexity index is 618. The maximum Gasteiger partial charge on any atom is 0.313 e. The summed E-state index contributed by atoms with van der Waals surface area (Å²) in [4.78, 5) is 12.2. The maximum atomic E-state index is 12.2. The number of benzene rings is 1. The van der Waals surface area contributed by atoms with Crippen LogP contribution in [0.15, 0.2) is 29.3 Å². The fourth-order valence-electron chi connectivity index (χ4n) is 3.72. The van der Waals surface area contributed by atoms with E-state index in [2.05, 4.69) is 26.0 Å². The van der Waals surface area contributed by atoms with Gasteiger partial charge >= 0.3 is 5.97 Å². The molecule has 24 heavy (non-hydrogen) atoms. The van der Waals surface area contributed by atoms with Crippen LogP contribution in [-0.2, 0) is 9.53 Å². The van der Waals surface area contributed by atoms with E-state index in [1.54, 1.807) is 14.2 Å². The molecule has 1 aromatic rings. The van der Waals surface area contributed by atoms with Gasteiger partial charge in [-0.25, -0.2) is 0 Å². The van der Waals surface area contributed by atoms with E-state index in [4.69, 9.17) is 14.2 Å². The number of ether oxygens (including phenoxy) is 3. The maximum absolute atomic E-state index is 12.2. The van der Waals surface area contributed by atoms with Gasteiger partial charge in [0.05, 0.1) is 26.7 Å². The normalized spacial score (nSPS) is 20.7. The Hall–Kier alpha value is -1.97. The summed E-state index contributed by atoms with van der Waals surface area (Å²) in [6.07, 6.45) is 2.70. The molecule has 0 saturated heterocycles. The standard InChI is InChI=1S/C20H28O4/c1-6-15-13(3)16(20(21)24-7-2)9-10-17(15)14-8-11-18(22-4)19(12-14)23-5/h8,11-12,16-17H,6-7,9-10H2,1-5H3. The van der Waals surface area contributed by atoms with Gasteiger partial charge in [0.2, 0.25) is 0 Å². The zero-order valence-corrected chi connectivity index (χ0v) is 15.3. The number of rotatable bonds is 6. The zero-order chi connectivity index (χ0) is 17.7. The zero-order valence-electron chi connectivity index (χ0n) is 15.3. The third-order valence-corrected chi connectivity index (χ3v) is 4.96. The van der Waals surface area contributed by atoms with E-state index in [1.165, 1.54) is 16.7 Å². The largest absolute Gasteiger partial charge is 0.493 e. The van der Waals surface area contributed by atoms with Crippen LogP contribution in [0.1, 0.15) is 51.5 Å². The Balaban J connectivity index is 2.36. The molecule has 0 amide bonds. The highest BCUT2D eigenvalue weighted by Gasteiger charge is 2.32. The van der Waals surface area contributed by atoms with Gasteiger partial charge in [-0.15, -0.1) is 0 Å². The highest BCUT2D eigenvalue weighted by Crippen LogP contribution is 2.43. The van der Waals surface area contributed by atoms with E-state index in [1.807, 2.05) is 13.0 Å². The lowest BCUT2D eigenvalue weighted by Crippen LogP contribution is -2.25. The SMILES string of the molecule is CCOC(=O)C1CCC(c2ccc(OC)c(OC)c2)C(CC)=C1C. The minimum absolute atomic E-state index is 0.0910. The van der Waals surface area contributed by atoms with Crippen LogP contribution in [0.3, 0.4) is 0 Å². The number of esters is 1. The minimum Gasteiger partial charge on any atom is -0.493 e. The lowest BCUT2D eigenvalue weighted by Gasteiger charge is -2.32. The predicted molar refractivity (Wildman–Crippen MR) is 94.6 cm³/mol. The van der Waals surface area contributed by atoms with Gasteiger partial charge in [-0.2, -0.15) is 0 Å². The molecule has 0 fully saturated rings. The van der Waals surface area contributed by atoms with E-state index in [0.717, 1.165) is 30.8 Å². The molecule has 2 rings (SSSR count). The van der Waals surface area contributed by atoms with E-state index in [0.29, 0.717) is 12.5 Å². The van der Waals surface area contributed by atoms with Gasteiger partial charge in [0.25, 0.3) is 0 Å². The molecular weight excluding hydrogens is 304 g/mol. The monoisotopic (exact) mass is 332 g/mol. The van der Waals surface area contributed by atoms with Crippen LogP contribution in [0, 0.1) is 5.92 Å². The van der Waals surface area contributed by atoms with Gasteiger partial charge in [-0.1, -0.05) is 24.1 Å². The first-order valence-corrected chi connectivity index (χ1v) is 8.65. The molecule has 0 aromatic heterocycles. The molecule has 0 aliphatic heterocycles. The van der Waals surface area contributed by atoms with Crippen LogP contribution in [0.5, 0.6) is 11.5 Å². The fourth-order valence-corrected chi connectivity index (χ4v) is 3.72. The van der Waals surface area contributed by atoms with E-state index >= 15 is 0 Å². The molecule has 0 bridgehead atoms. The first-order valence-electron chi connectivity index (χ1n) is 8.65. The van der Waals surface area contributed by atoms with Gasteiger partial charge in [0.1, 0.15) is 0 Å². The molecule has 4 heteroatoms. The van der Waals surface area contributed by atoms with Gasteiger partial charge in [0, 0.05) is 5.92 Å². The summed E-state index contributed by atoms with van der Waals surface area (Å²) < 4.78 is 16.0. The number of allylic oxidation sites excluding steroid dienone is 1. The molecule has 2 unspecified atom stereocenters. The lowest BCUT2D eigenvalue weighted by molar-refractivity contribution is -0.147. The van der Waals surface area contributed by atoms with Crippen molar-refractivity contribution in [2.45, 2.75) is 46.0 Å². The minimum atomic E-state index is -0.101. The Morgan fingerprint density at radius 2 is 1.83 bits per heavy atom. The number of hydrogen-bond donors (Lipinski definition) is 0. The Kier molecular flexibility index (Phi) is 6.29. The number of hydrogen-bond acceptors (Lipinski definition) is 4. The van der Waals surface area contributed by atoms with Crippen LogP contribution >= 0.6 is 0 Å². The second-order valence-electron chi connectivity index (χ2n) is 6.11. The fraction of sp³-hybridized carbons (Fsp3) is 0.550. The van der Waals surface area contributed by atoms with E-state index in [-0.39, 0.29) is 11.9 Å². The van der Waals surface area contributed by atoms with Gasteiger partial charge < -0.3 is 14.2 Å². The molecule has 1 aliphatic rings. The second-order valence-corrected chi connectivity index (χ2v) is 6.11. The lowest BCUT2D eigenvalue weighted by atomic mass is 9.73. The Labute approximate surface area is 144 Å². The van der Waals surface area contributed by atoms with Gasteiger partial charge in [0.15, 0.2) is 11.5 Å². The van der Waals surface area contributed by atoms with Crippen LogP contribution in [0.2, 0.25) is 0 Å².